The van der Waals surface area contributed by atoms with Crippen LogP contribution in [0.1, 0.15) is 12.5 Å². The van der Waals surface area contributed by atoms with Crippen molar-refractivity contribution in [2.45, 2.75) is 6.92 Å². The van der Waals surface area contributed by atoms with Crippen LogP contribution in [-0.2, 0) is 9.59 Å². The lowest BCUT2D eigenvalue weighted by Gasteiger charge is -2.11. The summed E-state index contributed by atoms with van der Waals surface area (Å²) >= 11 is 0. The third-order valence-corrected chi connectivity index (χ3v) is 3.15. The first kappa shape index (κ1) is 19.0. The van der Waals surface area contributed by atoms with Crippen molar-refractivity contribution in [2.75, 3.05) is 13.2 Å². The molecule has 2 aromatic carbocycles. The number of nitrogens with one attached hydrogen (secondary N) is 2. The molecule has 0 bridgehead atoms. The molecule has 26 heavy (non-hydrogen) atoms. The van der Waals surface area contributed by atoms with E-state index in [0.29, 0.717) is 18.1 Å². The number of ether oxygens (including phenoxy) is 2. The molecule has 2 rings (SSSR count). The molecule has 0 heterocycles. The van der Waals surface area contributed by atoms with Gasteiger partial charge in [-0.25, -0.2) is 4.39 Å². The molecule has 6 nitrogen and oxygen atoms in total. The predicted molar refractivity (Wildman–Crippen MR) is 94.8 cm³/mol. The summed E-state index contributed by atoms with van der Waals surface area (Å²) < 4.78 is 24.2. The number of carbonyl (C=O) groups is 2. The van der Waals surface area contributed by atoms with Crippen molar-refractivity contribution in [1.82, 2.24) is 10.9 Å². The van der Waals surface area contributed by atoms with Crippen LogP contribution in [0.2, 0.25) is 0 Å². The van der Waals surface area contributed by atoms with Gasteiger partial charge in [-0.15, -0.1) is 0 Å². The Labute approximate surface area is 150 Å². The van der Waals surface area contributed by atoms with Crippen LogP contribution in [0.4, 0.5) is 4.39 Å². The zero-order valence-corrected chi connectivity index (χ0v) is 14.2. The van der Waals surface area contributed by atoms with Gasteiger partial charge in [0.25, 0.3) is 11.8 Å². The van der Waals surface area contributed by atoms with Gasteiger partial charge in [-0.1, -0.05) is 30.3 Å². The maximum atomic E-state index is 13.4. The summed E-state index contributed by atoms with van der Waals surface area (Å²) in [6.45, 7) is 2.01. The Morgan fingerprint density at radius 2 is 1.65 bits per heavy atom. The topological polar surface area (TPSA) is 76.7 Å². The van der Waals surface area contributed by atoms with Crippen molar-refractivity contribution >= 4 is 17.9 Å². The number of hydrogen-bond donors (Lipinski definition) is 2. The molecule has 0 aromatic heterocycles. The quantitative estimate of drug-likeness (QED) is 0.589. The highest BCUT2D eigenvalue weighted by molar-refractivity contribution is 5.93. The van der Waals surface area contributed by atoms with Crippen molar-refractivity contribution in [2.24, 2.45) is 0 Å². The summed E-state index contributed by atoms with van der Waals surface area (Å²) in [6.07, 6.45) is 2.43. The number of amides is 2. The van der Waals surface area contributed by atoms with E-state index in [9.17, 15) is 14.0 Å². The lowest BCUT2D eigenvalue weighted by Crippen LogP contribution is -2.43. The van der Waals surface area contributed by atoms with Crippen molar-refractivity contribution in [3.63, 3.8) is 0 Å². The molecule has 0 aliphatic heterocycles. The molecule has 0 spiro atoms. The van der Waals surface area contributed by atoms with Gasteiger partial charge in [-0.05, 0) is 31.2 Å². The summed E-state index contributed by atoms with van der Waals surface area (Å²) in [5.74, 6) is -0.642. The monoisotopic (exact) mass is 358 g/mol. The molecular weight excluding hydrogens is 339 g/mol. The molecule has 0 radical (unpaired) electrons. The van der Waals surface area contributed by atoms with Crippen molar-refractivity contribution in [1.29, 1.82) is 0 Å². The zero-order chi connectivity index (χ0) is 18.8. The second-order valence-electron chi connectivity index (χ2n) is 5.06. The lowest BCUT2D eigenvalue weighted by molar-refractivity contribution is -0.128. The lowest BCUT2D eigenvalue weighted by atomic mass is 10.2. The van der Waals surface area contributed by atoms with E-state index < -0.39 is 17.6 Å². The third kappa shape index (κ3) is 5.94. The normalized spacial score (nSPS) is 10.4. The first-order chi connectivity index (χ1) is 12.6. The van der Waals surface area contributed by atoms with Gasteiger partial charge in [0.05, 0.1) is 6.61 Å². The molecule has 2 N–H and O–H groups in total. The van der Waals surface area contributed by atoms with Crippen LogP contribution in [0.15, 0.2) is 54.6 Å². The smallest absolute Gasteiger partial charge is 0.276 e. The third-order valence-electron chi connectivity index (χ3n) is 3.15. The molecule has 7 heteroatoms. The molecule has 2 aromatic rings. The SMILES string of the molecule is CCOc1ccccc1OCC(=O)NNC(=O)/C=C/c1ccccc1F. The molecule has 0 fully saturated rings. The van der Waals surface area contributed by atoms with E-state index in [2.05, 4.69) is 10.9 Å². The minimum absolute atomic E-state index is 0.268. The fraction of sp³-hybridized carbons (Fsp3) is 0.158. The number of para-hydroxylation sites is 2. The van der Waals surface area contributed by atoms with Gasteiger partial charge in [-0.2, -0.15) is 0 Å². The number of halogens is 1. The number of hydrogen-bond acceptors (Lipinski definition) is 4. The molecule has 0 atom stereocenters. The zero-order valence-electron chi connectivity index (χ0n) is 14.2. The molecule has 0 aliphatic rings. The molecule has 136 valence electrons. The van der Waals surface area contributed by atoms with Crippen LogP contribution in [0, 0.1) is 5.82 Å². The standard InChI is InChI=1S/C19H19FN2O4/c1-2-25-16-9-5-6-10-17(16)26-13-19(24)22-21-18(23)12-11-14-7-3-4-8-15(14)20/h3-12H,2,13H2,1H3,(H,21,23)(H,22,24)/b12-11+. The van der Waals surface area contributed by atoms with E-state index in [1.165, 1.54) is 18.2 Å². The van der Waals surface area contributed by atoms with Crippen LogP contribution < -0.4 is 20.3 Å². The van der Waals surface area contributed by atoms with Crippen LogP contribution in [0.25, 0.3) is 6.08 Å². The maximum Gasteiger partial charge on any atom is 0.276 e. The molecule has 0 unspecified atom stereocenters. The Hall–Kier alpha value is -3.35. The Morgan fingerprint density at radius 3 is 2.35 bits per heavy atom. The fourth-order valence-corrected chi connectivity index (χ4v) is 1.97. The van der Waals surface area contributed by atoms with Gasteiger partial charge < -0.3 is 9.47 Å². The maximum absolute atomic E-state index is 13.4. The average Bonchev–Trinajstić information content (AvgIpc) is 2.65. The number of hydrazine groups is 1. The average molecular weight is 358 g/mol. The summed E-state index contributed by atoms with van der Waals surface area (Å²) in [7, 11) is 0. The molecule has 0 saturated heterocycles. The number of benzene rings is 2. The minimum atomic E-state index is -0.601. The van der Waals surface area contributed by atoms with Crippen LogP contribution in [0.5, 0.6) is 11.5 Å². The fourth-order valence-electron chi connectivity index (χ4n) is 1.97. The van der Waals surface area contributed by atoms with Crippen molar-refractivity contribution in [3.8, 4) is 11.5 Å². The van der Waals surface area contributed by atoms with E-state index in [-0.39, 0.29) is 12.2 Å². The Bertz CT molecular complexity index is 793. The second kappa shape index (κ2) is 9.83. The molecule has 2 amide bonds. The van der Waals surface area contributed by atoms with Crippen LogP contribution in [0.3, 0.4) is 0 Å². The van der Waals surface area contributed by atoms with Crippen molar-refractivity contribution in [3.05, 3.63) is 66.0 Å². The Morgan fingerprint density at radius 1 is 1.00 bits per heavy atom. The first-order valence-corrected chi connectivity index (χ1v) is 7.96. The summed E-state index contributed by atoms with van der Waals surface area (Å²) in [5, 5.41) is 0. The van der Waals surface area contributed by atoms with Crippen LogP contribution in [-0.4, -0.2) is 25.0 Å². The second-order valence-corrected chi connectivity index (χ2v) is 5.06. The molecule has 0 saturated carbocycles. The first-order valence-electron chi connectivity index (χ1n) is 7.96. The van der Waals surface area contributed by atoms with Gasteiger partial charge in [-0.3, -0.25) is 20.4 Å². The van der Waals surface area contributed by atoms with Crippen LogP contribution >= 0.6 is 0 Å². The van der Waals surface area contributed by atoms with E-state index in [0.717, 1.165) is 6.08 Å². The molecule has 0 aliphatic carbocycles. The largest absolute Gasteiger partial charge is 0.490 e. The highest BCUT2D eigenvalue weighted by Crippen LogP contribution is 2.26. The Balaban J connectivity index is 1.78. The van der Waals surface area contributed by atoms with Gasteiger partial charge in [0.2, 0.25) is 0 Å². The van der Waals surface area contributed by atoms with Gasteiger partial charge in [0.15, 0.2) is 18.1 Å². The van der Waals surface area contributed by atoms with Gasteiger partial charge >= 0.3 is 0 Å². The van der Waals surface area contributed by atoms with E-state index in [1.54, 1.807) is 36.4 Å². The minimum Gasteiger partial charge on any atom is -0.490 e. The molecular formula is C19H19FN2O4. The predicted octanol–water partition coefficient (Wildman–Crippen LogP) is 2.46. The summed E-state index contributed by atoms with van der Waals surface area (Å²) in [4.78, 5) is 23.4. The highest BCUT2D eigenvalue weighted by atomic mass is 19.1. The summed E-state index contributed by atoms with van der Waals surface area (Å²) in [5.41, 5.74) is 4.66. The van der Waals surface area contributed by atoms with E-state index in [4.69, 9.17) is 9.47 Å². The highest BCUT2D eigenvalue weighted by Gasteiger charge is 2.07. The number of carbonyl (C=O) groups excluding carboxylic acids is 2. The van der Waals surface area contributed by atoms with Gasteiger partial charge in [0, 0.05) is 11.6 Å². The number of rotatable bonds is 7. The van der Waals surface area contributed by atoms with Gasteiger partial charge in [0.1, 0.15) is 5.82 Å². The van der Waals surface area contributed by atoms with Crippen molar-refractivity contribution < 1.29 is 23.5 Å². The van der Waals surface area contributed by atoms with E-state index >= 15 is 0 Å². The Kier molecular flexibility index (Phi) is 7.17. The summed E-state index contributed by atoms with van der Waals surface area (Å²) in [6, 6.07) is 13.0. The van der Waals surface area contributed by atoms with E-state index in [1.807, 2.05) is 6.92 Å².